The molecule has 1 fully saturated rings. The van der Waals surface area contributed by atoms with Crippen LogP contribution in [-0.4, -0.2) is 25.8 Å². The van der Waals surface area contributed by atoms with E-state index >= 15 is 0 Å². The first-order valence-corrected chi connectivity index (χ1v) is 6.02. The first kappa shape index (κ1) is 12.6. The zero-order valence-electron chi connectivity index (χ0n) is 10.2. The molecule has 1 aliphatic heterocycles. The van der Waals surface area contributed by atoms with Crippen molar-refractivity contribution in [3.63, 3.8) is 0 Å². The van der Waals surface area contributed by atoms with E-state index in [1.165, 1.54) is 6.08 Å². The van der Waals surface area contributed by atoms with Gasteiger partial charge in [0.15, 0.2) is 0 Å². The van der Waals surface area contributed by atoms with E-state index in [2.05, 4.69) is 0 Å². The minimum Gasteiger partial charge on any atom is -0.462 e. The maximum Gasteiger partial charge on any atom is 0.330 e. The fourth-order valence-electron chi connectivity index (χ4n) is 1.79. The van der Waals surface area contributed by atoms with Crippen LogP contribution in [0.2, 0.25) is 0 Å². The fourth-order valence-corrected chi connectivity index (χ4v) is 1.79. The summed E-state index contributed by atoms with van der Waals surface area (Å²) in [7, 11) is 0. The Hall–Kier alpha value is -1.81. The van der Waals surface area contributed by atoms with Crippen molar-refractivity contribution in [1.29, 1.82) is 0 Å². The van der Waals surface area contributed by atoms with Crippen molar-refractivity contribution in [3.05, 3.63) is 35.9 Å². The van der Waals surface area contributed by atoms with Crippen molar-refractivity contribution < 1.29 is 14.3 Å². The summed E-state index contributed by atoms with van der Waals surface area (Å²) in [6.45, 7) is 1.88. The molecule has 4 heteroatoms. The van der Waals surface area contributed by atoms with Crippen LogP contribution in [0.1, 0.15) is 12.0 Å². The molecule has 1 atom stereocenters. The average Bonchev–Trinajstić information content (AvgIpc) is 2.87. The third-order valence-corrected chi connectivity index (χ3v) is 2.81. The van der Waals surface area contributed by atoms with Gasteiger partial charge < -0.3 is 15.2 Å². The summed E-state index contributed by atoms with van der Waals surface area (Å²) in [6.07, 6.45) is 4.08. The molecule has 0 aliphatic carbocycles. The van der Waals surface area contributed by atoms with Crippen LogP contribution < -0.4 is 5.73 Å². The van der Waals surface area contributed by atoms with Gasteiger partial charge in [-0.15, -0.1) is 0 Å². The monoisotopic (exact) mass is 247 g/mol. The number of rotatable bonds is 4. The minimum atomic E-state index is -0.329. The molecule has 2 N–H and O–H groups in total. The molecule has 0 radical (unpaired) electrons. The highest BCUT2D eigenvalue weighted by Crippen LogP contribution is 2.12. The Kier molecular flexibility index (Phi) is 4.36. The van der Waals surface area contributed by atoms with Gasteiger partial charge in [0.2, 0.25) is 0 Å². The Labute approximate surface area is 106 Å². The number of hydrogen-bond acceptors (Lipinski definition) is 4. The van der Waals surface area contributed by atoms with Crippen LogP contribution in [0.25, 0.3) is 6.08 Å². The van der Waals surface area contributed by atoms with E-state index in [0.717, 1.165) is 18.6 Å². The topological polar surface area (TPSA) is 61.6 Å². The second kappa shape index (κ2) is 6.21. The lowest BCUT2D eigenvalue weighted by molar-refractivity contribution is -0.139. The van der Waals surface area contributed by atoms with Gasteiger partial charge in [-0.1, -0.05) is 12.1 Å². The van der Waals surface area contributed by atoms with Crippen LogP contribution in [0, 0.1) is 5.92 Å². The molecule has 1 aromatic rings. The molecule has 0 amide bonds. The first-order valence-electron chi connectivity index (χ1n) is 6.02. The van der Waals surface area contributed by atoms with Crippen molar-refractivity contribution in [2.45, 2.75) is 6.42 Å². The summed E-state index contributed by atoms with van der Waals surface area (Å²) in [5, 5.41) is 0. The second-order valence-corrected chi connectivity index (χ2v) is 4.36. The van der Waals surface area contributed by atoms with E-state index in [4.69, 9.17) is 15.2 Å². The number of hydrogen-bond donors (Lipinski definition) is 1. The van der Waals surface area contributed by atoms with Crippen LogP contribution in [0.15, 0.2) is 30.3 Å². The van der Waals surface area contributed by atoms with Crippen molar-refractivity contribution in [2.24, 2.45) is 5.92 Å². The largest absolute Gasteiger partial charge is 0.462 e. The lowest BCUT2D eigenvalue weighted by Gasteiger charge is -2.06. The Morgan fingerprint density at radius 2 is 2.44 bits per heavy atom. The molecule has 0 saturated carbocycles. The van der Waals surface area contributed by atoms with Crippen LogP contribution in [-0.2, 0) is 14.3 Å². The summed E-state index contributed by atoms with van der Waals surface area (Å²) in [4.78, 5) is 11.5. The molecular weight excluding hydrogens is 230 g/mol. The Balaban J connectivity index is 1.79. The molecule has 4 nitrogen and oxygen atoms in total. The number of nitrogen functional groups attached to an aromatic ring is 1. The minimum absolute atomic E-state index is 0.329. The molecule has 96 valence electrons. The molecular formula is C14H17NO3. The van der Waals surface area contributed by atoms with Crippen molar-refractivity contribution in [2.75, 3.05) is 25.6 Å². The van der Waals surface area contributed by atoms with Gasteiger partial charge in [-0.3, -0.25) is 0 Å². The van der Waals surface area contributed by atoms with Crippen LogP contribution in [0.4, 0.5) is 5.69 Å². The van der Waals surface area contributed by atoms with Gasteiger partial charge in [-0.2, -0.15) is 0 Å². The zero-order valence-corrected chi connectivity index (χ0v) is 10.2. The summed E-state index contributed by atoms with van der Waals surface area (Å²) < 4.78 is 10.3. The van der Waals surface area contributed by atoms with Gasteiger partial charge in [-0.25, -0.2) is 4.79 Å². The highest BCUT2D eigenvalue weighted by atomic mass is 16.5. The lowest BCUT2D eigenvalue weighted by Crippen LogP contribution is -2.12. The van der Waals surface area contributed by atoms with Gasteiger partial charge in [0, 0.05) is 24.3 Å². The zero-order chi connectivity index (χ0) is 12.8. The molecule has 1 aliphatic rings. The molecule has 0 aromatic heterocycles. The number of nitrogens with two attached hydrogens (primary N) is 1. The number of carbonyl (C=O) groups is 1. The molecule has 0 spiro atoms. The van der Waals surface area contributed by atoms with Crippen molar-refractivity contribution in [1.82, 2.24) is 0 Å². The normalized spacial score (nSPS) is 19.2. The number of esters is 1. The number of anilines is 1. The fraction of sp³-hybridized carbons (Fsp3) is 0.357. The second-order valence-electron chi connectivity index (χ2n) is 4.36. The van der Waals surface area contributed by atoms with E-state index in [1.807, 2.05) is 12.1 Å². The Morgan fingerprint density at radius 3 is 3.17 bits per heavy atom. The molecule has 1 aromatic carbocycles. The van der Waals surface area contributed by atoms with Crippen LogP contribution in [0.3, 0.4) is 0 Å². The molecule has 1 heterocycles. The van der Waals surface area contributed by atoms with Crippen molar-refractivity contribution >= 4 is 17.7 Å². The Morgan fingerprint density at radius 1 is 1.56 bits per heavy atom. The van der Waals surface area contributed by atoms with Gasteiger partial charge in [0.25, 0.3) is 0 Å². The van der Waals surface area contributed by atoms with Crippen molar-refractivity contribution in [3.8, 4) is 0 Å². The predicted molar refractivity (Wildman–Crippen MR) is 69.8 cm³/mol. The molecule has 1 saturated heterocycles. The number of carbonyl (C=O) groups excluding carboxylic acids is 1. The van der Waals surface area contributed by atoms with Gasteiger partial charge in [0.05, 0.1) is 13.2 Å². The third-order valence-electron chi connectivity index (χ3n) is 2.81. The van der Waals surface area contributed by atoms with E-state index < -0.39 is 0 Å². The van der Waals surface area contributed by atoms with E-state index in [1.54, 1.807) is 18.2 Å². The summed E-state index contributed by atoms with van der Waals surface area (Å²) in [6, 6.07) is 7.32. The number of benzene rings is 1. The first-order chi connectivity index (χ1) is 8.74. The highest BCUT2D eigenvalue weighted by Gasteiger charge is 2.16. The van der Waals surface area contributed by atoms with E-state index in [0.29, 0.717) is 24.8 Å². The highest BCUT2D eigenvalue weighted by molar-refractivity contribution is 5.87. The molecule has 0 bridgehead atoms. The van der Waals surface area contributed by atoms with Gasteiger partial charge in [-0.05, 0) is 30.2 Å². The smallest absolute Gasteiger partial charge is 0.330 e. The summed E-state index contributed by atoms with van der Waals surface area (Å²) in [5.74, 6) is 0.0130. The third kappa shape index (κ3) is 3.89. The quantitative estimate of drug-likeness (QED) is 0.501. The van der Waals surface area contributed by atoms with Crippen LogP contribution >= 0.6 is 0 Å². The predicted octanol–water partition coefficient (Wildman–Crippen LogP) is 1.86. The van der Waals surface area contributed by atoms with Gasteiger partial charge >= 0.3 is 5.97 Å². The van der Waals surface area contributed by atoms with Crippen LogP contribution in [0.5, 0.6) is 0 Å². The van der Waals surface area contributed by atoms with E-state index in [-0.39, 0.29) is 5.97 Å². The maximum absolute atomic E-state index is 11.5. The average molecular weight is 247 g/mol. The van der Waals surface area contributed by atoms with Gasteiger partial charge in [0.1, 0.15) is 0 Å². The standard InChI is InChI=1S/C14H17NO3/c15-13-3-1-2-11(8-13)4-5-14(16)18-10-12-6-7-17-9-12/h1-5,8,12H,6-7,9-10,15H2/b5-4+. The summed E-state index contributed by atoms with van der Waals surface area (Å²) in [5.41, 5.74) is 7.20. The lowest BCUT2D eigenvalue weighted by atomic mass is 10.1. The molecule has 18 heavy (non-hydrogen) atoms. The Bertz CT molecular complexity index is 436. The molecule has 1 unspecified atom stereocenters. The number of ether oxygens (including phenoxy) is 2. The SMILES string of the molecule is Nc1cccc(/C=C/C(=O)OCC2CCOC2)c1. The maximum atomic E-state index is 11.5. The van der Waals surface area contributed by atoms with E-state index in [9.17, 15) is 4.79 Å². The summed E-state index contributed by atoms with van der Waals surface area (Å²) >= 11 is 0. The molecule has 2 rings (SSSR count).